The number of pyridine rings is 1. The fraction of sp³-hybridized carbons (Fsp3) is 0.267. The van der Waals surface area contributed by atoms with Gasteiger partial charge in [0.15, 0.2) is 0 Å². The van der Waals surface area contributed by atoms with Crippen LogP contribution in [-0.4, -0.2) is 22.0 Å². The van der Waals surface area contributed by atoms with E-state index in [1.165, 1.54) is 6.92 Å². The summed E-state index contributed by atoms with van der Waals surface area (Å²) in [6, 6.07) is 8.77. The SMILES string of the molecule is CC(=O)N[C@H](CC(=O)O)c1cc(C)nc2ccccc12. The summed E-state index contributed by atoms with van der Waals surface area (Å²) < 4.78 is 0. The van der Waals surface area contributed by atoms with E-state index in [9.17, 15) is 9.59 Å². The average Bonchev–Trinajstić information content (AvgIpc) is 2.35. The molecular weight excluding hydrogens is 256 g/mol. The van der Waals surface area contributed by atoms with Gasteiger partial charge in [0.1, 0.15) is 0 Å². The van der Waals surface area contributed by atoms with E-state index >= 15 is 0 Å². The smallest absolute Gasteiger partial charge is 0.305 e. The number of carboxylic acid groups (broad SMARTS) is 1. The maximum Gasteiger partial charge on any atom is 0.305 e. The normalized spacial score (nSPS) is 12.1. The lowest BCUT2D eigenvalue weighted by Crippen LogP contribution is -2.28. The Morgan fingerprint density at radius 1 is 1.35 bits per heavy atom. The third-order valence-corrected chi connectivity index (χ3v) is 3.01. The lowest BCUT2D eigenvalue weighted by molar-refractivity contribution is -0.137. The molecule has 20 heavy (non-hydrogen) atoms. The van der Waals surface area contributed by atoms with Crippen LogP contribution >= 0.6 is 0 Å². The minimum absolute atomic E-state index is 0.160. The molecule has 0 saturated heterocycles. The van der Waals surface area contributed by atoms with Gasteiger partial charge in [0.05, 0.1) is 18.0 Å². The summed E-state index contributed by atoms with van der Waals surface area (Å²) in [5.41, 5.74) is 2.37. The van der Waals surface area contributed by atoms with Gasteiger partial charge < -0.3 is 10.4 Å². The van der Waals surface area contributed by atoms with E-state index < -0.39 is 12.0 Å². The van der Waals surface area contributed by atoms with Crippen molar-refractivity contribution in [2.45, 2.75) is 26.3 Å². The maximum atomic E-state index is 11.3. The summed E-state index contributed by atoms with van der Waals surface area (Å²) in [6.07, 6.45) is -0.160. The molecule has 1 aromatic heterocycles. The van der Waals surface area contributed by atoms with Crippen molar-refractivity contribution in [3.05, 3.63) is 41.6 Å². The van der Waals surface area contributed by atoms with Crippen molar-refractivity contribution >= 4 is 22.8 Å². The van der Waals surface area contributed by atoms with Crippen LogP contribution in [0.1, 0.15) is 30.6 Å². The van der Waals surface area contributed by atoms with Crippen LogP contribution in [0.3, 0.4) is 0 Å². The number of aliphatic carboxylic acids is 1. The Morgan fingerprint density at radius 2 is 2.05 bits per heavy atom. The number of carboxylic acids is 1. The number of rotatable bonds is 4. The van der Waals surface area contributed by atoms with Crippen molar-refractivity contribution < 1.29 is 14.7 Å². The van der Waals surface area contributed by atoms with Crippen LogP contribution in [0.25, 0.3) is 10.9 Å². The molecule has 1 heterocycles. The lowest BCUT2D eigenvalue weighted by Gasteiger charge is -2.19. The molecular formula is C15H16N2O3. The predicted octanol–water partition coefficient (Wildman–Crippen LogP) is 2.20. The zero-order valence-corrected chi connectivity index (χ0v) is 11.4. The van der Waals surface area contributed by atoms with Gasteiger partial charge in [-0.05, 0) is 24.6 Å². The van der Waals surface area contributed by atoms with Gasteiger partial charge >= 0.3 is 5.97 Å². The Morgan fingerprint density at radius 3 is 2.70 bits per heavy atom. The van der Waals surface area contributed by atoms with Crippen molar-refractivity contribution in [1.29, 1.82) is 0 Å². The molecule has 0 aliphatic heterocycles. The highest BCUT2D eigenvalue weighted by molar-refractivity contribution is 5.85. The van der Waals surface area contributed by atoms with Crippen LogP contribution in [-0.2, 0) is 9.59 Å². The van der Waals surface area contributed by atoms with Crippen molar-refractivity contribution in [1.82, 2.24) is 10.3 Å². The first-order chi connectivity index (χ1) is 9.47. The first-order valence-electron chi connectivity index (χ1n) is 6.32. The fourth-order valence-corrected chi connectivity index (χ4v) is 2.29. The van der Waals surface area contributed by atoms with Gasteiger partial charge in [-0.1, -0.05) is 18.2 Å². The van der Waals surface area contributed by atoms with Crippen molar-refractivity contribution in [2.75, 3.05) is 0 Å². The highest BCUT2D eigenvalue weighted by atomic mass is 16.4. The Kier molecular flexibility index (Phi) is 3.98. The molecule has 5 heteroatoms. The van der Waals surface area contributed by atoms with E-state index in [1.807, 2.05) is 37.3 Å². The molecule has 0 radical (unpaired) electrons. The van der Waals surface area contributed by atoms with E-state index in [0.717, 1.165) is 22.2 Å². The highest BCUT2D eigenvalue weighted by Gasteiger charge is 2.19. The summed E-state index contributed by atoms with van der Waals surface area (Å²) in [6.45, 7) is 3.23. The number of carbonyl (C=O) groups is 2. The van der Waals surface area contributed by atoms with Gasteiger partial charge in [-0.2, -0.15) is 0 Å². The molecule has 1 aromatic carbocycles. The van der Waals surface area contributed by atoms with Crippen molar-refractivity contribution in [3.8, 4) is 0 Å². The summed E-state index contributed by atoms with van der Waals surface area (Å²) in [5.74, 6) is -1.21. The monoisotopic (exact) mass is 272 g/mol. The Labute approximate surface area is 116 Å². The van der Waals surface area contributed by atoms with Crippen LogP contribution in [0.15, 0.2) is 30.3 Å². The van der Waals surface area contributed by atoms with E-state index in [0.29, 0.717) is 0 Å². The number of fused-ring (bicyclic) bond motifs is 1. The number of amides is 1. The topological polar surface area (TPSA) is 79.3 Å². The van der Waals surface area contributed by atoms with Gasteiger partial charge in [0.25, 0.3) is 0 Å². The zero-order chi connectivity index (χ0) is 14.7. The molecule has 0 spiro atoms. The second-order valence-electron chi connectivity index (χ2n) is 4.72. The highest BCUT2D eigenvalue weighted by Crippen LogP contribution is 2.26. The van der Waals surface area contributed by atoms with Crippen LogP contribution < -0.4 is 5.32 Å². The lowest BCUT2D eigenvalue weighted by atomic mass is 9.98. The molecule has 0 unspecified atom stereocenters. The molecule has 104 valence electrons. The third kappa shape index (κ3) is 3.12. The first-order valence-corrected chi connectivity index (χ1v) is 6.32. The molecule has 0 bridgehead atoms. The number of para-hydroxylation sites is 1. The van der Waals surface area contributed by atoms with E-state index in [1.54, 1.807) is 0 Å². The minimum atomic E-state index is -0.956. The molecule has 1 amide bonds. The number of aromatic nitrogens is 1. The Balaban J connectivity index is 2.56. The number of aryl methyl sites for hydroxylation is 1. The van der Waals surface area contributed by atoms with Gasteiger partial charge in [0, 0.05) is 18.0 Å². The van der Waals surface area contributed by atoms with Crippen LogP contribution in [0.4, 0.5) is 0 Å². The van der Waals surface area contributed by atoms with E-state index in [2.05, 4.69) is 10.3 Å². The van der Waals surface area contributed by atoms with Crippen molar-refractivity contribution in [3.63, 3.8) is 0 Å². The molecule has 2 aromatic rings. The summed E-state index contributed by atoms with van der Waals surface area (Å²) in [7, 11) is 0. The van der Waals surface area contributed by atoms with Gasteiger partial charge in [-0.3, -0.25) is 14.6 Å². The number of hydrogen-bond donors (Lipinski definition) is 2. The summed E-state index contributed by atoms with van der Waals surface area (Å²) in [5, 5.41) is 12.6. The standard InChI is InChI=1S/C15H16N2O3/c1-9-7-12(11-5-3-4-6-13(11)16-9)14(8-15(19)20)17-10(2)18/h3-7,14H,8H2,1-2H3,(H,17,18)(H,19,20)/t14-/m1/s1. The average molecular weight is 272 g/mol. The number of carbonyl (C=O) groups excluding carboxylic acids is 1. The zero-order valence-electron chi connectivity index (χ0n) is 11.4. The van der Waals surface area contributed by atoms with Crippen LogP contribution in [0.2, 0.25) is 0 Å². The van der Waals surface area contributed by atoms with Gasteiger partial charge in [0.2, 0.25) is 5.91 Å². The largest absolute Gasteiger partial charge is 0.481 e. The quantitative estimate of drug-likeness (QED) is 0.894. The Bertz CT molecular complexity index is 651. The third-order valence-electron chi connectivity index (χ3n) is 3.01. The number of nitrogens with zero attached hydrogens (tertiary/aromatic N) is 1. The number of benzene rings is 1. The molecule has 0 aliphatic carbocycles. The fourth-order valence-electron chi connectivity index (χ4n) is 2.29. The van der Waals surface area contributed by atoms with E-state index in [4.69, 9.17) is 5.11 Å². The van der Waals surface area contributed by atoms with E-state index in [-0.39, 0.29) is 12.3 Å². The predicted molar refractivity (Wildman–Crippen MR) is 75.3 cm³/mol. The molecule has 0 aliphatic rings. The summed E-state index contributed by atoms with van der Waals surface area (Å²) >= 11 is 0. The first kappa shape index (κ1) is 14.0. The minimum Gasteiger partial charge on any atom is -0.481 e. The van der Waals surface area contributed by atoms with Crippen LogP contribution in [0, 0.1) is 6.92 Å². The van der Waals surface area contributed by atoms with Gasteiger partial charge in [-0.15, -0.1) is 0 Å². The molecule has 1 atom stereocenters. The molecule has 2 rings (SSSR count). The summed E-state index contributed by atoms with van der Waals surface area (Å²) in [4.78, 5) is 26.7. The maximum absolute atomic E-state index is 11.3. The molecule has 0 saturated carbocycles. The molecule has 5 nitrogen and oxygen atoms in total. The van der Waals surface area contributed by atoms with Crippen molar-refractivity contribution in [2.24, 2.45) is 0 Å². The second kappa shape index (κ2) is 5.69. The molecule has 0 fully saturated rings. The Hall–Kier alpha value is -2.43. The molecule has 2 N–H and O–H groups in total. The van der Waals surface area contributed by atoms with Crippen LogP contribution in [0.5, 0.6) is 0 Å². The number of hydrogen-bond acceptors (Lipinski definition) is 3. The van der Waals surface area contributed by atoms with Gasteiger partial charge in [-0.25, -0.2) is 0 Å². The second-order valence-corrected chi connectivity index (χ2v) is 4.72. The number of nitrogens with one attached hydrogen (secondary N) is 1.